The molecule has 0 radical (unpaired) electrons. The Labute approximate surface area is 88.1 Å². The average Bonchev–Trinajstić information content (AvgIpc) is 2.83. The van der Waals surface area contributed by atoms with Gasteiger partial charge in [0, 0.05) is 32.4 Å². The van der Waals surface area contributed by atoms with E-state index in [4.69, 9.17) is 0 Å². The number of carbonyl (C=O) groups is 1. The molecule has 0 aliphatic rings. The summed E-state index contributed by atoms with van der Waals surface area (Å²) in [5.41, 5.74) is 1.76. The highest BCUT2D eigenvalue weighted by Gasteiger charge is 2.01. The minimum absolute atomic E-state index is 0.714. The molecule has 0 fully saturated rings. The third-order valence-corrected chi connectivity index (χ3v) is 2.36. The lowest BCUT2D eigenvalue weighted by Crippen LogP contribution is -2.04. The third kappa shape index (κ3) is 2.15. The smallest absolute Gasteiger partial charge is 0.166 e. The lowest BCUT2D eigenvalue weighted by molar-refractivity contribution is 0.111. The van der Waals surface area contributed by atoms with Crippen molar-refractivity contribution in [1.29, 1.82) is 0 Å². The van der Waals surface area contributed by atoms with E-state index in [1.165, 1.54) is 0 Å². The highest BCUT2D eigenvalue weighted by atomic mass is 16.1. The van der Waals surface area contributed by atoms with Gasteiger partial charge in [0.25, 0.3) is 0 Å². The molecule has 2 rings (SSSR count). The number of hydrogen-bond donors (Lipinski definition) is 0. The first-order valence-corrected chi connectivity index (χ1v) is 4.88. The lowest BCUT2D eigenvalue weighted by Gasteiger charge is -2.02. The van der Waals surface area contributed by atoms with E-state index < -0.39 is 0 Å². The molecule has 15 heavy (non-hydrogen) atoms. The molecule has 0 unspecified atom stereocenters. The van der Waals surface area contributed by atoms with Crippen LogP contribution in [-0.4, -0.2) is 20.6 Å². The number of rotatable bonds is 4. The van der Waals surface area contributed by atoms with Crippen molar-refractivity contribution in [3.63, 3.8) is 0 Å². The fraction of sp³-hybridized carbons (Fsp3) is 0.273. The number of hydrogen-bond acceptors (Lipinski definition) is 2. The first-order chi connectivity index (χ1) is 7.29. The number of aldehydes is 1. The molecule has 0 amide bonds. The van der Waals surface area contributed by atoms with Gasteiger partial charge in [-0.2, -0.15) is 5.10 Å². The van der Waals surface area contributed by atoms with E-state index in [0.717, 1.165) is 24.9 Å². The summed E-state index contributed by atoms with van der Waals surface area (Å²) in [5.74, 6) is 0. The average molecular weight is 203 g/mol. The number of nitrogens with zero attached hydrogens (tertiary/aromatic N) is 3. The summed E-state index contributed by atoms with van der Waals surface area (Å²) >= 11 is 0. The summed E-state index contributed by atoms with van der Waals surface area (Å²) in [6.07, 6.45) is 5.55. The second kappa shape index (κ2) is 4.13. The van der Waals surface area contributed by atoms with E-state index in [2.05, 4.69) is 5.10 Å². The molecule has 78 valence electrons. The van der Waals surface area contributed by atoms with Gasteiger partial charge < -0.3 is 4.57 Å². The molecule has 2 aromatic rings. The van der Waals surface area contributed by atoms with Crippen LogP contribution in [0.15, 0.2) is 30.6 Å². The molecule has 0 atom stereocenters. The Morgan fingerprint density at radius 1 is 1.40 bits per heavy atom. The summed E-state index contributed by atoms with van der Waals surface area (Å²) in [4.78, 5) is 10.7. The van der Waals surface area contributed by atoms with Crippen LogP contribution in [0.5, 0.6) is 0 Å². The maximum atomic E-state index is 10.7. The summed E-state index contributed by atoms with van der Waals surface area (Å²) in [6.45, 7) is 0.790. The molecule has 0 N–H and O–H groups in total. The van der Waals surface area contributed by atoms with Crippen LogP contribution < -0.4 is 0 Å². The number of carbonyl (C=O) groups excluding carboxylic acids is 1. The lowest BCUT2D eigenvalue weighted by atomic mass is 10.3. The van der Waals surface area contributed by atoms with Gasteiger partial charge in [0.2, 0.25) is 0 Å². The number of aromatic nitrogens is 3. The van der Waals surface area contributed by atoms with Crippen LogP contribution in [0.1, 0.15) is 16.2 Å². The molecule has 0 aliphatic carbocycles. The summed E-state index contributed by atoms with van der Waals surface area (Å²) in [6, 6.07) is 5.68. The van der Waals surface area contributed by atoms with Gasteiger partial charge in [-0.25, -0.2) is 0 Å². The minimum Gasteiger partial charge on any atom is -0.345 e. The zero-order chi connectivity index (χ0) is 10.7. The first-order valence-electron chi connectivity index (χ1n) is 4.88. The molecule has 0 aliphatic heterocycles. The summed E-state index contributed by atoms with van der Waals surface area (Å²) < 4.78 is 3.72. The van der Waals surface area contributed by atoms with Gasteiger partial charge in [-0.05, 0) is 18.2 Å². The van der Waals surface area contributed by atoms with E-state index in [-0.39, 0.29) is 0 Å². The monoisotopic (exact) mass is 203 g/mol. The van der Waals surface area contributed by atoms with Crippen LogP contribution >= 0.6 is 0 Å². The number of aryl methyl sites for hydroxylation is 3. The molecule has 2 heterocycles. The van der Waals surface area contributed by atoms with Gasteiger partial charge in [0.1, 0.15) is 0 Å². The van der Waals surface area contributed by atoms with Gasteiger partial charge in [-0.15, -0.1) is 0 Å². The quantitative estimate of drug-likeness (QED) is 0.702. The van der Waals surface area contributed by atoms with Gasteiger partial charge in [-0.3, -0.25) is 9.48 Å². The van der Waals surface area contributed by atoms with Crippen LogP contribution in [0.3, 0.4) is 0 Å². The van der Waals surface area contributed by atoms with E-state index in [1.54, 1.807) is 4.68 Å². The van der Waals surface area contributed by atoms with Crippen molar-refractivity contribution >= 4 is 6.29 Å². The third-order valence-electron chi connectivity index (χ3n) is 2.36. The second-order valence-electron chi connectivity index (χ2n) is 3.48. The van der Waals surface area contributed by atoms with Crippen LogP contribution in [0.2, 0.25) is 0 Å². The van der Waals surface area contributed by atoms with Crippen molar-refractivity contribution in [3.8, 4) is 0 Å². The zero-order valence-corrected chi connectivity index (χ0v) is 8.63. The highest BCUT2D eigenvalue weighted by molar-refractivity contribution is 5.72. The zero-order valence-electron chi connectivity index (χ0n) is 8.63. The van der Waals surface area contributed by atoms with Crippen molar-refractivity contribution in [1.82, 2.24) is 14.3 Å². The van der Waals surface area contributed by atoms with E-state index in [1.807, 2.05) is 42.2 Å². The first kappa shape index (κ1) is 9.71. The Bertz CT molecular complexity index is 456. The molecule has 0 bridgehead atoms. The van der Waals surface area contributed by atoms with Crippen molar-refractivity contribution in [3.05, 3.63) is 42.0 Å². The van der Waals surface area contributed by atoms with Crippen molar-refractivity contribution in [2.75, 3.05) is 0 Å². The van der Waals surface area contributed by atoms with Crippen molar-refractivity contribution in [2.24, 2.45) is 7.05 Å². The highest BCUT2D eigenvalue weighted by Crippen LogP contribution is 2.03. The molecule has 0 saturated carbocycles. The molecule has 0 saturated heterocycles. The maximum Gasteiger partial charge on any atom is 0.166 e. The van der Waals surface area contributed by atoms with Gasteiger partial charge in [0.05, 0.1) is 11.4 Å². The van der Waals surface area contributed by atoms with Crippen LogP contribution in [-0.2, 0) is 20.0 Å². The predicted octanol–water partition coefficient (Wildman–Crippen LogP) is 1.28. The fourth-order valence-corrected chi connectivity index (χ4v) is 1.57. The molecule has 4 heteroatoms. The standard InChI is InChI=1S/C11H13N3O/c1-13-7-4-10(12-13)5-8-14-6-2-3-11(14)9-15/h2-4,6-7,9H,5,8H2,1H3. The minimum atomic E-state index is 0.714. The Kier molecular flexibility index (Phi) is 2.67. The Morgan fingerprint density at radius 2 is 2.27 bits per heavy atom. The summed E-state index contributed by atoms with van der Waals surface area (Å²) in [5, 5.41) is 4.28. The molecular formula is C11H13N3O. The van der Waals surface area contributed by atoms with E-state index >= 15 is 0 Å². The largest absolute Gasteiger partial charge is 0.345 e. The van der Waals surface area contributed by atoms with Crippen molar-refractivity contribution in [2.45, 2.75) is 13.0 Å². The molecular weight excluding hydrogens is 190 g/mol. The normalized spacial score (nSPS) is 10.5. The van der Waals surface area contributed by atoms with Crippen LogP contribution in [0, 0.1) is 0 Å². The van der Waals surface area contributed by atoms with Gasteiger partial charge in [0.15, 0.2) is 6.29 Å². The molecule has 4 nitrogen and oxygen atoms in total. The Balaban J connectivity index is 2.01. The van der Waals surface area contributed by atoms with E-state index in [0.29, 0.717) is 5.69 Å². The van der Waals surface area contributed by atoms with Crippen molar-refractivity contribution < 1.29 is 4.79 Å². The van der Waals surface area contributed by atoms with Crippen LogP contribution in [0.4, 0.5) is 0 Å². The van der Waals surface area contributed by atoms with E-state index in [9.17, 15) is 4.79 Å². The topological polar surface area (TPSA) is 39.8 Å². The fourth-order valence-electron chi connectivity index (χ4n) is 1.57. The Hall–Kier alpha value is -1.84. The predicted molar refractivity (Wildman–Crippen MR) is 56.7 cm³/mol. The van der Waals surface area contributed by atoms with Gasteiger partial charge in [-0.1, -0.05) is 0 Å². The molecule has 2 aromatic heterocycles. The van der Waals surface area contributed by atoms with Crippen LogP contribution in [0.25, 0.3) is 0 Å². The summed E-state index contributed by atoms with van der Waals surface area (Å²) in [7, 11) is 1.90. The maximum absolute atomic E-state index is 10.7. The second-order valence-corrected chi connectivity index (χ2v) is 3.48. The SMILES string of the molecule is Cn1ccc(CCn2cccc2C=O)n1. The molecule has 0 spiro atoms. The molecule has 0 aromatic carbocycles. The van der Waals surface area contributed by atoms with Gasteiger partial charge >= 0.3 is 0 Å². The Morgan fingerprint density at radius 3 is 2.93 bits per heavy atom.